The Morgan fingerprint density at radius 2 is 2.64 bits per heavy atom. The Balaban J connectivity index is 2.71. The molecule has 0 amide bonds. The molecule has 0 saturated carbocycles. The highest BCUT2D eigenvalue weighted by Crippen LogP contribution is 2.22. The lowest BCUT2D eigenvalue weighted by Crippen LogP contribution is -2.11. The fraction of sp³-hybridized carbons (Fsp3) is 0.500. The Bertz CT molecular complexity index is 226. The van der Waals surface area contributed by atoms with Crippen LogP contribution in [0.4, 0.5) is 0 Å². The lowest BCUT2D eigenvalue weighted by atomic mass is 10.3. The van der Waals surface area contributed by atoms with Gasteiger partial charge in [-0.15, -0.1) is 11.3 Å². The van der Waals surface area contributed by atoms with Crippen molar-refractivity contribution in [1.82, 2.24) is 4.98 Å². The lowest BCUT2D eigenvalue weighted by molar-refractivity contribution is 0.182. The molecule has 3 nitrogen and oxygen atoms in total. The molecule has 0 fully saturated rings. The quantitative estimate of drug-likeness (QED) is 0.694. The van der Waals surface area contributed by atoms with Crippen molar-refractivity contribution in [1.29, 1.82) is 0 Å². The van der Waals surface area contributed by atoms with E-state index in [0.29, 0.717) is 5.69 Å². The van der Waals surface area contributed by atoms with Crippen molar-refractivity contribution in [2.75, 3.05) is 12.8 Å². The highest BCUT2D eigenvalue weighted by Gasteiger charge is 2.08. The maximum Gasteiger partial charge on any atom is 0.149 e. The molecule has 0 aliphatic carbocycles. The number of thioether (sulfide) groups is 1. The smallest absolute Gasteiger partial charge is 0.149 e. The number of aliphatic hydroxyl groups excluding tert-OH is 1. The van der Waals surface area contributed by atoms with Gasteiger partial charge in [0, 0.05) is 11.9 Å². The predicted octanol–water partition coefficient (Wildman–Crippen LogP) is 0.857. The van der Waals surface area contributed by atoms with Gasteiger partial charge in [0.15, 0.2) is 0 Å². The van der Waals surface area contributed by atoms with E-state index in [9.17, 15) is 5.11 Å². The number of nitrogens with two attached hydrogens (primary N) is 1. The Labute approximate surface area is 73.6 Å². The van der Waals surface area contributed by atoms with Gasteiger partial charge in [0.25, 0.3) is 0 Å². The topological polar surface area (TPSA) is 59.1 Å². The van der Waals surface area contributed by atoms with Crippen LogP contribution in [0.25, 0.3) is 0 Å². The number of aliphatic hydroxyl groups is 1. The number of aromatic nitrogens is 1. The number of nitrogens with zero attached hydrogens (tertiary/aromatic N) is 1. The summed E-state index contributed by atoms with van der Waals surface area (Å²) in [5.41, 5.74) is 5.94. The molecule has 0 bridgehead atoms. The zero-order chi connectivity index (χ0) is 8.27. The van der Waals surface area contributed by atoms with Gasteiger partial charge in [-0.25, -0.2) is 4.98 Å². The van der Waals surface area contributed by atoms with Crippen LogP contribution in [0.5, 0.6) is 0 Å². The van der Waals surface area contributed by atoms with Crippen LogP contribution in [-0.4, -0.2) is 22.9 Å². The number of rotatable bonds is 3. The van der Waals surface area contributed by atoms with Crippen LogP contribution in [0.3, 0.4) is 0 Å². The molecule has 3 N–H and O–H groups in total. The number of hydrogen-bond donors (Lipinski definition) is 2. The van der Waals surface area contributed by atoms with Gasteiger partial charge in [-0.2, -0.15) is 0 Å². The van der Waals surface area contributed by atoms with Crippen LogP contribution in [0.15, 0.2) is 9.72 Å². The van der Waals surface area contributed by atoms with Crippen molar-refractivity contribution in [3.05, 3.63) is 11.1 Å². The van der Waals surface area contributed by atoms with Gasteiger partial charge >= 0.3 is 0 Å². The maximum atomic E-state index is 9.25. The summed E-state index contributed by atoms with van der Waals surface area (Å²) < 4.78 is 0.965. The third kappa shape index (κ3) is 2.16. The molecule has 1 heterocycles. The molecular weight excluding hydrogens is 180 g/mol. The highest BCUT2D eigenvalue weighted by atomic mass is 32.2. The van der Waals surface area contributed by atoms with E-state index in [1.807, 2.05) is 11.6 Å². The second kappa shape index (κ2) is 4.06. The van der Waals surface area contributed by atoms with Gasteiger partial charge in [0.05, 0.1) is 5.69 Å². The van der Waals surface area contributed by atoms with Crippen LogP contribution in [0, 0.1) is 0 Å². The summed E-state index contributed by atoms with van der Waals surface area (Å²) in [5, 5.41) is 11.1. The molecule has 0 aliphatic heterocycles. The zero-order valence-corrected chi connectivity index (χ0v) is 7.78. The first-order chi connectivity index (χ1) is 5.27. The average molecular weight is 190 g/mol. The number of hydrogen-bond acceptors (Lipinski definition) is 5. The molecule has 1 atom stereocenters. The van der Waals surface area contributed by atoms with Gasteiger partial charge in [0.2, 0.25) is 0 Å². The summed E-state index contributed by atoms with van der Waals surface area (Å²) in [5.74, 6) is 0. The molecule has 5 heteroatoms. The molecule has 1 aromatic heterocycles. The minimum Gasteiger partial charge on any atom is -0.385 e. The fourth-order valence-electron chi connectivity index (χ4n) is 0.636. The standard InChI is InChI=1S/C6H10N2OS2/c1-10-6-8-4(3-11-6)5(9)2-7/h3,5,9H,2,7H2,1H3. The second-order valence-corrected chi connectivity index (χ2v) is 3.91. The van der Waals surface area contributed by atoms with Gasteiger partial charge in [-0.05, 0) is 6.26 Å². The molecule has 1 rings (SSSR count). The van der Waals surface area contributed by atoms with Crippen molar-refractivity contribution < 1.29 is 5.11 Å². The van der Waals surface area contributed by atoms with Crippen molar-refractivity contribution in [3.63, 3.8) is 0 Å². The van der Waals surface area contributed by atoms with Crippen molar-refractivity contribution in [2.24, 2.45) is 5.73 Å². The van der Waals surface area contributed by atoms with Crippen LogP contribution in [0.1, 0.15) is 11.8 Å². The second-order valence-electron chi connectivity index (χ2n) is 1.99. The van der Waals surface area contributed by atoms with E-state index < -0.39 is 6.10 Å². The van der Waals surface area contributed by atoms with Gasteiger partial charge in [-0.3, -0.25) is 0 Å². The van der Waals surface area contributed by atoms with Gasteiger partial charge in [0.1, 0.15) is 10.4 Å². The van der Waals surface area contributed by atoms with E-state index in [1.54, 1.807) is 11.8 Å². The average Bonchev–Trinajstić information content (AvgIpc) is 2.50. The predicted molar refractivity (Wildman–Crippen MR) is 47.9 cm³/mol. The monoisotopic (exact) mass is 190 g/mol. The maximum absolute atomic E-state index is 9.25. The molecule has 1 unspecified atom stereocenters. The summed E-state index contributed by atoms with van der Waals surface area (Å²) in [6.07, 6.45) is 1.35. The third-order valence-corrected chi connectivity index (χ3v) is 3.12. The van der Waals surface area contributed by atoms with Crippen LogP contribution < -0.4 is 5.73 Å². The highest BCUT2D eigenvalue weighted by molar-refractivity contribution is 8.00. The normalized spacial score (nSPS) is 13.4. The molecule has 0 radical (unpaired) electrons. The van der Waals surface area contributed by atoms with E-state index in [4.69, 9.17) is 5.73 Å². The Hall–Kier alpha value is -0.100. The lowest BCUT2D eigenvalue weighted by Gasteiger charge is -2.00. The summed E-state index contributed by atoms with van der Waals surface area (Å²) in [6.45, 7) is 0.234. The molecule has 0 saturated heterocycles. The molecular formula is C6H10N2OS2. The van der Waals surface area contributed by atoms with Crippen molar-refractivity contribution >= 4 is 23.1 Å². The molecule has 0 aromatic carbocycles. The van der Waals surface area contributed by atoms with Gasteiger partial charge in [-0.1, -0.05) is 11.8 Å². The summed E-state index contributed by atoms with van der Waals surface area (Å²) in [7, 11) is 0. The van der Waals surface area contributed by atoms with Crippen molar-refractivity contribution in [3.8, 4) is 0 Å². The van der Waals surface area contributed by atoms with E-state index >= 15 is 0 Å². The first-order valence-corrected chi connectivity index (χ1v) is 5.26. The summed E-state index contributed by atoms with van der Waals surface area (Å²) in [6, 6.07) is 0. The SMILES string of the molecule is CSc1nc(C(O)CN)cs1. The fourth-order valence-corrected chi connectivity index (χ4v) is 1.95. The minimum absolute atomic E-state index is 0.234. The molecule has 0 spiro atoms. The Morgan fingerprint density at radius 1 is 1.91 bits per heavy atom. The first kappa shape index (κ1) is 8.99. The van der Waals surface area contributed by atoms with Gasteiger partial charge < -0.3 is 10.8 Å². The van der Waals surface area contributed by atoms with E-state index in [1.165, 1.54) is 11.3 Å². The van der Waals surface area contributed by atoms with Crippen molar-refractivity contribution in [2.45, 2.75) is 10.4 Å². The first-order valence-electron chi connectivity index (χ1n) is 3.15. The molecule has 62 valence electrons. The number of thiazole rings is 1. The van der Waals surface area contributed by atoms with E-state index in [0.717, 1.165) is 4.34 Å². The van der Waals surface area contributed by atoms with E-state index in [-0.39, 0.29) is 6.54 Å². The third-order valence-electron chi connectivity index (χ3n) is 1.24. The van der Waals surface area contributed by atoms with Crippen LogP contribution >= 0.6 is 23.1 Å². The minimum atomic E-state index is -0.604. The Kier molecular flexibility index (Phi) is 3.32. The molecule has 11 heavy (non-hydrogen) atoms. The largest absolute Gasteiger partial charge is 0.385 e. The zero-order valence-electron chi connectivity index (χ0n) is 6.15. The summed E-state index contributed by atoms with van der Waals surface area (Å²) >= 11 is 3.10. The summed E-state index contributed by atoms with van der Waals surface area (Å²) in [4.78, 5) is 4.15. The molecule has 1 aromatic rings. The van der Waals surface area contributed by atoms with Crippen LogP contribution in [-0.2, 0) is 0 Å². The Morgan fingerprint density at radius 3 is 3.09 bits per heavy atom. The molecule has 0 aliphatic rings. The van der Waals surface area contributed by atoms with E-state index in [2.05, 4.69) is 4.98 Å². The van der Waals surface area contributed by atoms with Crippen LogP contribution in [0.2, 0.25) is 0 Å².